The first-order valence-electron chi connectivity index (χ1n) is 6.90. The summed E-state index contributed by atoms with van der Waals surface area (Å²) in [6.07, 6.45) is 0. The molecule has 0 fully saturated rings. The molecule has 0 rings (SSSR count). The summed E-state index contributed by atoms with van der Waals surface area (Å²) in [5.74, 6) is 0.812. The lowest BCUT2D eigenvalue weighted by Gasteiger charge is -2.35. The minimum absolute atomic E-state index is 0.430. The molecule has 0 heterocycles. The van der Waals surface area contributed by atoms with Crippen LogP contribution in [0.5, 0.6) is 0 Å². The van der Waals surface area contributed by atoms with Crippen molar-refractivity contribution in [1.82, 2.24) is 0 Å². The van der Waals surface area contributed by atoms with Crippen molar-refractivity contribution in [1.29, 1.82) is 0 Å². The molecule has 0 radical (unpaired) electrons. The second-order valence-corrected chi connectivity index (χ2v) is 8.32. The van der Waals surface area contributed by atoms with E-state index in [4.69, 9.17) is 9.05 Å². The van der Waals surface area contributed by atoms with Crippen LogP contribution in [0.1, 0.15) is 34.6 Å². The molecule has 0 unspecified atom stereocenters. The molecule has 0 amide bonds. The van der Waals surface area contributed by atoms with Crippen molar-refractivity contribution in [2.45, 2.75) is 34.6 Å². The smallest absolute Gasteiger partial charge is 0.324 e. The second kappa shape index (κ2) is 9.38. The van der Waals surface area contributed by atoms with Crippen LogP contribution in [0.4, 0.5) is 0 Å². The van der Waals surface area contributed by atoms with Crippen molar-refractivity contribution in [3.63, 3.8) is 0 Å². The molecule has 4 nitrogen and oxygen atoms in total. The lowest BCUT2D eigenvalue weighted by molar-refractivity contribution is -0.920. The van der Waals surface area contributed by atoms with Gasteiger partial charge in [-0.05, 0) is 46.0 Å². The fourth-order valence-electron chi connectivity index (χ4n) is 1.92. The van der Waals surface area contributed by atoms with E-state index in [0.29, 0.717) is 13.2 Å². The summed E-state index contributed by atoms with van der Waals surface area (Å²) in [5, 5.41) is 0. The molecule has 0 spiro atoms. The van der Waals surface area contributed by atoms with Crippen LogP contribution in [-0.4, -0.2) is 49.6 Å². The minimum atomic E-state index is -2.93. The van der Waals surface area contributed by atoms with Gasteiger partial charge < -0.3 is 13.5 Å². The monoisotopic (exact) mass is 298 g/mol. The molecule has 0 N–H and O–H groups in total. The maximum atomic E-state index is 12.3. The Morgan fingerprint density at radius 1 is 0.944 bits per heavy atom. The SMILES string of the molecule is CCOP(=O)(OCC)SCC[N+](CC)(CC)CC. The summed E-state index contributed by atoms with van der Waals surface area (Å²) in [7, 11) is 0. The molecule has 110 valence electrons. The van der Waals surface area contributed by atoms with Gasteiger partial charge in [0.15, 0.2) is 0 Å². The fourth-order valence-corrected chi connectivity index (χ4v) is 5.46. The molecule has 0 atom stereocenters. The van der Waals surface area contributed by atoms with Crippen molar-refractivity contribution in [3.05, 3.63) is 0 Å². The molecular weight excluding hydrogens is 269 g/mol. The Morgan fingerprint density at radius 3 is 1.72 bits per heavy atom. The van der Waals surface area contributed by atoms with E-state index in [1.54, 1.807) is 0 Å². The topological polar surface area (TPSA) is 35.5 Å². The molecule has 0 saturated carbocycles. The van der Waals surface area contributed by atoms with E-state index in [9.17, 15) is 4.57 Å². The highest BCUT2D eigenvalue weighted by Gasteiger charge is 2.27. The maximum absolute atomic E-state index is 12.3. The molecule has 6 heteroatoms. The van der Waals surface area contributed by atoms with Crippen LogP contribution in [0.25, 0.3) is 0 Å². The highest BCUT2D eigenvalue weighted by atomic mass is 32.7. The van der Waals surface area contributed by atoms with Crippen molar-refractivity contribution < 1.29 is 18.1 Å². The zero-order chi connectivity index (χ0) is 14.1. The zero-order valence-corrected chi connectivity index (χ0v) is 14.2. The lowest BCUT2D eigenvalue weighted by atomic mass is 10.3. The Balaban J connectivity index is 4.32. The van der Waals surface area contributed by atoms with E-state index in [1.165, 1.54) is 11.4 Å². The number of quaternary nitrogens is 1. The summed E-state index contributed by atoms with van der Waals surface area (Å²) >= 11 is 1.34. The van der Waals surface area contributed by atoms with Gasteiger partial charge in [-0.3, -0.25) is 0 Å². The van der Waals surface area contributed by atoms with Crippen molar-refractivity contribution in [2.75, 3.05) is 45.1 Å². The van der Waals surface area contributed by atoms with Crippen molar-refractivity contribution in [3.8, 4) is 0 Å². The van der Waals surface area contributed by atoms with Crippen LogP contribution >= 0.6 is 18.2 Å². The number of hydrogen-bond acceptors (Lipinski definition) is 4. The molecule has 0 aliphatic heterocycles. The second-order valence-electron chi connectivity index (χ2n) is 4.13. The van der Waals surface area contributed by atoms with Gasteiger partial charge >= 0.3 is 6.80 Å². The third-order valence-electron chi connectivity index (χ3n) is 3.40. The first-order chi connectivity index (χ1) is 8.51. The summed E-state index contributed by atoms with van der Waals surface area (Å²) in [6.45, 7) is 12.6. The molecule has 0 saturated heterocycles. The van der Waals surface area contributed by atoms with E-state index in [-0.39, 0.29) is 0 Å². The Kier molecular flexibility index (Phi) is 9.62. The number of hydrogen-bond donors (Lipinski definition) is 0. The van der Waals surface area contributed by atoms with Gasteiger partial charge in [0.25, 0.3) is 0 Å². The average molecular weight is 298 g/mol. The minimum Gasteiger partial charge on any atom is -0.324 e. The summed E-state index contributed by atoms with van der Waals surface area (Å²) in [4.78, 5) is 0. The van der Waals surface area contributed by atoms with Gasteiger partial charge in [0, 0.05) is 0 Å². The van der Waals surface area contributed by atoms with Crippen LogP contribution in [0, 0.1) is 0 Å². The average Bonchev–Trinajstić information content (AvgIpc) is 2.36. The summed E-state index contributed by atoms with van der Waals surface area (Å²) in [6, 6.07) is 0. The molecule has 0 aromatic rings. The Bertz CT molecular complexity index is 241. The van der Waals surface area contributed by atoms with E-state index >= 15 is 0 Å². The van der Waals surface area contributed by atoms with Gasteiger partial charge in [-0.2, -0.15) is 0 Å². The Labute approximate surface area is 116 Å². The Morgan fingerprint density at radius 2 is 1.39 bits per heavy atom. The Hall–Kier alpha value is 0.460. The van der Waals surface area contributed by atoms with Gasteiger partial charge in [-0.15, -0.1) is 0 Å². The van der Waals surface area contributed by atoms with Gasteiger partial charge in [0.1, 0.15) is 0 Å². The first kappa shape index (κ1) is 18.5. The highest BCUT2D eigenvalue weighted by molar-refractivity contribution is 8.55. The first-order valence-corrected chi connectivity index (χ1v) is 10.0. The molecule has 18 heavy (non-hydrogen) atoms. The predicted octanol–water partition coefficient (Wildman–Crippen LogP) is 3.78. The predicted molar refractivity (Wildman–Crippen MR) is 80.1 cm³/mol. The van der Waals surface area contributed by atoms with Gasteiger partial charge in [0.05, 0.1) is 45.1 Å². The van der Waals surface area contributed by atoms with E-state index < -0.39 is 6.80 Å². The number of nitrogens with zero attached hydrogens (tertiary/aromatic N) is 1. The van der Waals surface area contributed by atoms with Crippen LogP contribution < -0.4 is 0 Å². The fraction of sp³-hybridized carbons (Fsp3) is 1.00. The maximum Gasteiger partial charge on any atom is 0.389 e. The molecular formula is C12H29NO3PS+. The number of rotatable bonds is 11. The van der Waals surface area contributed by atoms with Crippen LogP contribution in [0.15, 0.2) is 0 Å². The largest absolute Gasteiger partial charge is 0.389 e. The highest BCUT2D eigenvalue weighted by Crippen LogP contribution is 2.60. The van der Waals surface area contributed by atoms with E-state index in [1.807, 2.05) is 13.8 Å². The van der Waals surface area contributed by atoms with Crippen LogP contribution in [0.3, 0.4) is 0 Å². The van der Waals surface area contributed by atoms with Gasteiger partial charge in [0.2, 0.25) is 0 Å². The summed E-state index contributed by atoms with van der Waals surface area (Å²) < 4.78 is 23.9. The van der Waals surface area contributed by atoms with E-state index in [2.05, 4.69) is 20.8 Å². The third kappa shape index (κ3) is 6.07. The normalized spacial score (nSPS) is 12.9. The lowest BCUT2D eigenvalue weighted by Crippen LogP contribution is -2.48. The molecule has 0 bridgehead atoms. The molecule has 0 aliphatic rings. The van der Waals surface area contributed by atoms with Crippen LogP contribution in [-0.2, 0) is 13.6 Å². The molecule has 0 aromatic heterocycles. The van der Waals surface area contributed by atoms with E-state index in [0.717, 1.165) is 36.4 Å². The summed E-state index contributed by atoms with van der Waals surface area (Å²) in [5.41, 5.74) is 0. The standard InChI is InChI=1S/C12H29NO3PS/c1-6-13(7-2,8-3)11-12-18-17(14,15-9-4)16-10-5/h6-12H2,1-5H3/q+1. The third-order valence-corrected chi connectivity index (χ3v) is 7.36. The van der Waals surface area contributed by atoms with Gasteiger partial charge in [-0.25, -0.2) is 4.57 Å². The van der Waals surface area contributed by atoms with Crippen molar-refractivity contribution >= 4 is 18.2 Å². The zero-order valence-electron chi connectivity index (χ0n) is 12.5. The van der Waals surface area contributed by atoms with Gasteiger partial charge in [-0.1, -0.05) is 0 Å². The molecule has 0 aromatic carbocycles. The van der Waals surface area contributed by atoms with Crippen molar-refractivity contribution in [2.24, 2.45) is 0 Å². The van der Waals surface area contributed by atoms with Crippen LogP contribution in [0.2, 0.25) is 0 Å². The molecule has 0 aliphatic carbocycles. The quantitative estimate of drug-likeness (QED) is 0.429.